The monoisotopic (exact) mass is 394 g/mol. The summed E-state index contributed by atoms with van der Waals surface area (Å²) in [4.78, 5) is 36.0. The van der Waals surface area contributed by atoms with Crippen LogP contribution in [0.25, 0.3) is 20.5 Å². The average molecular weight is 394 g/mol. The van der Waals surface area contributed by atoms with Crippen molar-refractivity contribution in [1.29, 1.82) is 0 Å². The van der Waals surface area contributed by atoms with Crippen molar-refractivity contribution in [2.75, 3.05) is 12.4 Å². The molecule has 1 unspecified atom stereocenters. The topological polar surface area (TPSA) is 84.5 Å². The lowest BCUT2D eigenvalue weighted by molar-refractivity contribution is -0.122. The van der Waals surface area contributed by atoms with Crippen LogP contribution in [-0.4, -0.2) is 31.3 Å². The van der Waals surface area contributed by atoms with E-state index in [0.29, 0.717) is 24.1 Å². The third-order valence-corrected chi connectivity index (χ3v) is 6.00. The van der Waals surface area contributed by atoms with Gasteiger partial charge in [0.05, 0.1) is 7.11 Å². The summed E-state index contributed by atoms with van der Waals surface area (Å²) in [6, 6.07) is 12.5. The first-order valence-electron chi connectivity index (χ1n) is 8.85. The number of ether oxygens (including phenoxy) is 1. The van der Waals surface area contributed by atoms with Gasteiger partial charge in [-0.05, 0) is 42.3 Å². The first-order valence-corrected chi connectivity index (χ1v) is 9.67. The van der Waals surface area contributed by atoms with E-state index in [-0.39, 0.29) is 11.8 Å². The molecule has 1 atom stereocenters. The minimum atomic E-state index is -0.480. The zero-order valence-corrected chi connectivity index (χ0v) is 16.0. The molecule has 6 nitrogen and oxygen atoms in total. The number of amides is 2. The van der Waals surface area contributed by atoms with Gasteiger partial charge in [-0.1, -0.05) is 12.1 Å². The van der Waals surface area contributed by atoms with Crippen LogP contribution < -0.4 is 15.4 Å². The quantitative estimate of drug-likeness (QED) is 0.648. The standard InChI is InChI=1S/C21H18N2O4S/c1-27-14-6-7-15-16(11-24)20(28-18(15)10-14)12-2-4-13(5-3-12)22-21(26)17-8-9-19(25)23-17/h2-7,10-11,17H,8-9H2,1H3,(H,22,26)(H,23,25). The van der Waals surface area contributed by atoms with Crippen LogP contribution in [0.15, 0.2) is 42.5 Å². The highest BCUT2D eigenvalue weighted by atomic mass is 32.1. The molecule has 3 aromatic rings. The maximum Gasteiger partial charge on any atom is 0.246 e. The summed E-state index contributed by atoms with van der Waals surface area (Å²) in [5, 5.41) is 6.36. The van der Waals surface area contributed by atoms with Crippen molar-refractivity contribution < 1.29 is 19.1 Å². The van der Waals surface area contributed by atoms with E-state index in [2.05, 4.69) is 10.6 Å². The lowest BCUT2D eigenvalue weighted by Crippen LogP contribution is -2.37. The van der Waals surface area contributed by atoms with Gasteiger partial charge in [0.25, 0.3) is 0 Å². The minimum absolute atomic E-state index is 0.0988. The molecule has 1 aromatic heterocycles. The summed E-state index contributed by atoms with van der Waals surface area (Å²) < 4.78 is 6.24. The van der Waals surface area contributed by atoms with Crippen LogP contribution >= 0.6 is 11.3 Å². The molecule has 0 aliphatic carbocycles. The maximum atomic E-state index is 12.2. The van der Waals surface area contributed by atoms with Crippen molar-refractivity contribution in [1.82, 2.24) is 5.32 Å². The molecule has 4 rings (SSSR count). The van der Waals surface area contributed by atoms with Gasteiger partial charge in [0.1, 0.15) is 11.8 Å². The molecule has 7 heteroatoms. The Kier molecular flexibility index (Phi) is 4.83. The Morgan fingerprint density at radius 1 is 1.25 bits per heavy atom. The molecule has 1 aliphatic rings. The molecule has 1 saturated heterocycles. The Bertz CT molecular complexity index is 1070. The predicted molar refractivity (Wildman–Crippen MR) is 109 cm³/mol. The molecular weight excluding hydrogens is 376 g/mol. The molecule has 0 bridgehead atoms. The van der Waals surface area contributed by atoms with Gasteiger partial charge in [0, 0.05) is 32.6 Å². The zero-order valence-electron chi connectivity index (χ0n) is 15.2. The lowest BCUT2D eigenvalue weighted by atomic mass is 10.1. The van der Waals surface area contributed by atoms with Gasteiger partial charge < -0.3 is 15.4 Å². The van der Waals surface area contributed by atoms with Crippen molar-refractivity contribution in [3.63, 3.8) is 0 Å². The Morgan fingerprint density at radius 2 is 2.04 bits per heavy atom. The maximum absolute atomic E-state index is 12.2. The van der Waals surface area contributed by atoms with Crippen LogP contribution in [0.1, 0.15) is 23.2 Å². The smallest absolute Gasteiger partial charge is 0.246 e. The minimum Gasteiger partial charge on any atom is -0.497 e. The molecule has 0 saturated carbocycles. The molecule has 2 amide bonds. The summed E-state index contributed by atoms with van der Waals surface area (Å²) in [6.07, 6.45) is 1.76. The van der Waals surface area contributed by atoms with Crippen molar-refractivity contribution in [3.8, 4) is 16.2 Å². The highest BCUT2D eigenvalue weighted by Gasteiger charge is 2.27. The number of benzene rings is 2. The molecule has 142 valence electrons. The van der Waals surface area contributed by atoms with E-state index in [1.807, 2.05) is 30.3 Å². The number of carbonyl (C=O) groups is 3. The van der Waals surface area contributed by atoms with E-state index < -0.39 is 6.04 Å². The zero-order chi connectivity index (χ0) is 19.7. The SMILES string of the molecule is COc1ccc2c(C=O)c(-c3ccc(NC(=O)C4CCC(=O)N4)cc3)sc2c1. The third kappa shape index (κ3) is 3.36. The summed E-state index contributed by atoms with van der Waals surface area (Å²) in [5.41, 5.74) is 2.19. The molecule has 0 radical (unpaired) electrons. The van der Waals surface area contributed by atoms with Crippen molar-refractivity contribution in [2.24, 2.45) is 0 Å². The Balaban J connectivity index is 1.59. The van der Waals surface area contributed by atoms with Crippen LogP contribution in [0.4, 0.5) is 5.69 Å². The fourth-order valence-corrected chi connectivity index (χ4v) is 4.51. The number of rotatable bonds is 5. The number of fused-ring (bicyclic) bond motifs is 1. The molecule has 1 fully saturated rings. The first kappa shape index (κ1) is 18.2. The third-order valence-electron chi connectivity index (χ3n) is 4.78. The predicted octanol–water partition coefficient (Wildman–Crippen LogP) is 3.61. The summed E-state index contributed by atoms with van der Waals surface area (Å²) >= 11 is 1.53. The number of hydrogen-bond acceptors (Lipinski definition) is 5. The number of hydrogen-bond donors (Lipinski definition) is 2. The number of anilines is 1. The van der Waals surface area contributed by atoms with Crippen molar-refractivity contribution >= 4 is 45.2 Å². The van der Waals surface area contributed by atoms with Crippen LogP contribution in [0, 0.1) is 0 Å². The highest BCUT2D eigenvalue weighted by molar-refractivity contribution is 7.22. The number of nitrogens with one attached hydrogen (secondary N) is 2. The largest absolute Gasteiger partial charge is 0.497 e. The second kappa shape index (κ2) is 7.44. The summed E-state index contributed by atoms with van der Waals surface area (Å²) in [7, 11) is 1.61. The second-order valence-corrected chi connectivity index (χ2v) is 7.60. The number of carbonyl (C=O) groups excluding carboxylic acids is 3. The highest BCUT2D eigenvalue weighted by Crippen LogP contribution is 2.39. The van der Waals surface area contributed by atoms with Gasteiger partial charge in [0.2, 0.25) is 11.8 Å². The molecule has 28 heavy (non-hydrogen) atoms. The summed E-state index contributed by atoms with van der Waals surface area (Å²) in [5.74, 6) is 0.425. The number of aldehydes is 1. The van der Waals surface area contributed by atoms with E-state index in [1.54, 1.807) is 19.2 Å². The lowest BCUT2D eigenvalue weighted by Gasteiger charge is -2.11. The fourth-order valence-electron chi connectivity index (χ4n) is 3.30. The molecule has 2 aromatic carbocycles. The normalized spacial score (nSPS) is 16.0. The van der Waals surface area contributed by atoms with E-state index in [4.69, 9.17) is 4.74 Å². The molecule has 0 spiro atoms. The second-order valence-electron chi connectivity index (χ2n) is 6.55. The Morgan fingerprint density at radius 3 is 2.68 bits per heavy atom. The van der Waals surface area contributed by atoms with Crippen LogP contribution in [0.3, 0.4) is 0 Å². The molecule has 2 N–H and O–H groups in total. The van der Waals surface area contributed by atoms with Crippen molar-refractivity contribution in [3.05, 3.63) is 48.0 Å². The van der Waals surface area contributed by atoms with Crippen molar-refractivity contribution in [2.45, 2.75) is 18.9 Å². The van der Waals surface area contributed by atoms with Gasteiger partial charge in [-0.25, -0.2) is 0 Å². The molecular formula is C21H18N2O4S. The van der Waals surface area contributed by atoms with E-state index >= 15 is 0 Å². The van der Waals surface area contributed by atoms with Gasteiger partial charge in [-0.3, -0.25) is 14.4 Å². The van der Waals surface area contributed by atoms with Crippen LogP contribution in [0.2, 0.25) is 0 Å². The number of methoxy groups -OCH3 is 1. The Hall–Kier alpha value is -3.19. The summed E-state index contributed by atoms with van der Waals surface area (Å²) in [6.45, 7) is 0. The van der Waals surface area contributed by atoms with Crippen LogP contribution in [0.5, 0.6) is 5.75 Å². The van der Waals surface area contributed by atoms with E-state index in [1.165, 1.54) is 11.3 Å². The van der Waals surface area contributed by atoms with E-state index in [9.17, 15) is 14.4 Å². The Labute approximate surface area is 165 Å². The van der Waals surface area contributed by atoms with E-state index in [0.717, 1.165) is 32.6 Å². The van der Waals surface area contributed by atoms with Gasteiger partial charge in [-0.2, -0.15) is 0 Å². The fraction of sp³-hybridized carbons (Fsp3) is 0.190. The van der Waals surface area contributed by atoms with Crippen LogP contribution in [-0.2, 0) is 9.59 Å². The first-order chi connectivity index (χ1) is 13.6. The molecule has 1 aliphatic heterocycles. The van der Waals surface area contributed by atoms with Gasteiger partial charge in [-0.15, -0.1) is 11.3 Å². The van der Waals surface area contributed by atoms with Gasteiger partial charge in [0.15, 0.2) is 6.29 Å². The average Bonchev–Trinajstić information content (AvgIpc) is 3.31. The van der Waals surface area contributed by atoms with Gasteiger partial charge >= 0.3 is 0 Å². The number of thiophene rings is 1. The molecule has 2 heterocycles.